The summed E-state index contributed by atoms with van der Waals surface area (Å²) in [4.78, 5) is 12.6. The molecule has 1 amide bonds. The van der Waals surface area contributed by atoms with Crippen molar-refractivity contribution in [3.8, 4) is 0 Å². The second-order valence-electron chi connectivity index (χ2n) is 6.19. The average molecular weight is 427 g/mol. The van der Waals surface area contributed by atoms with Gasteiger partial charge in [0.25, 0.3) is 15.9 Å². The van der Waals surface area contributed by atoms with Crippen molar-refractivity contribution in [1.82, 2.24) is 10.2 Å². The number of hydrogen-bond donors (Lipinski definition) is 3. The number of sulfonamides is 1. The Bertz CT molecular complexity index is 1320. The number of anilines is 2. The van der Waals surface area contributed by atoms with Crippen LogP contribution in [0.2, 0.25) is 5.02 Å². The number of nitrogens with zero attached hydrogens (tertiary/aromatic N) is 1. The summed E-state index contributed by atoms with van der Waals surface area (Å²) in [5.74, 6) is -0.448. The monoisotopic (exact) mass is 426 g/mol. The third kappa shape index (κ3) is 3.94. The van der Waals surface area contributed by atoms with Gasteiger partial charge in [0.05, 0.1) is 21.1 Å². The van der Waals surface area contributed by atoms with Gasteiger partial charge >= 0.3 is 0 Å². The average Bonchev–Trinajstić information content (AvgIpc) is 3.14. The summed E-state index contributed by atoms with van der Waals surface area (Å²) < 4.78 is 27.8. The van der Waals surface area contributed by atoms with Gasteiger partial charge in [0.2, 0.25) is 0 Å². The summed E-state index contributed by atoms with van der Waals surface area (Å²) in [6.45, 7) is 0. The van der Waals surface area contributed by atoms with Crippen LogP contribution in [0.25, 0.3) is 10.9 Å². The number of nitrogens with one attached hydrogen (secondary N) is 3. The highest BCUT2D eigenvalue weighted by atomic mass is 35.5. The Kier molecular flexibility index (Phi) is 4.96. The standard InChI is InChI=1S/C20H15ClN4O3S/c21-16-9-2-4-11-18(16)25-29(27,28)14-7-5-6-13(12-14)22-20(26)19-15-8-1-3-10-17(15)23-24-19/h1-12,25H,(H,22,26)(H,23,24). The lowest BCUT2D eigenvalue weighted by atomic mass is 10.2. The maximum absolute atomic E-state index is 12.7. The van der Waals surface area contributed by atoms with E-state index in [1.54, 1.807) is 42.5 Å². The number of aromatic amines is 1. The van der Waals surface area contributed by atoms with E-state index in [-0.39, 0.29) is 21.3 Å². The molecular formula is C20H15ClN4O3S. The normalized spacial score (nSPS) is 11.3. The van der Waals surface area contributed by atoms with Crippen LogP contribution in [0.1, 0.15) is 10.5 Å². The van der Waals surface area contributed by atoms with Gasteiger partial charge in [0, 0.05) is 11.1 Å². The van der Waals surface area contributed by atoms with Gasteiger partial charge in [-0.05, 0) is 36.4 Å². The SMILES string of the molecule is O=C(Nc1cccc(S(=O)(=O)Nc2ccccc2Cl)c1)c1n[nH]c2ccccc12. The summed E-state index contributed by atoms with van der Waals surface area (Å²) in [7, 11) is -3.89. The molecule has 3 aromatic carbocycles. The first-order valence-electron chi connectivity index (χ1n) is 8.56. The fourth-order valence-corrected chi connectivity index (χ4v) is 4.18. The lowest BCUT2D eigenvalue weighted by molar-refractivity contribution is 0.102. The molecule has 1 heterocycles. The number of halogens is 1. The van der Waals surface area contributed by atoms with Crippen molar-refractivity contribution in [2.24, 2.45) is 0 Å². The van der Waals surface area contributed by atoms with Crippen LogP contribution in [0.5, 0.6) is 0 Å². The molecule has 0 saturated carbocycles. The molecule has 146 valence electrons. The molecule has 0 unspecified atom stereocenters. The van der Waals surface area contributed by atoms with E-state index in [4.69, 9.17) is 11.6 Å². The molecule has 9 heteroatoms. The smallest absolute Gasteiger partial charge is 0.276 e. The number of hydrogen-bond acceptors (Lipinski definition) is 4. The molecule has 0 fully saturated rings. The molecule has 4 aromatic rings. The number of amides is 1. The van der Waals surface area contributed by atoms with Crippen LogP contribution < -0.4 is 10.0 Å². The number of carbonyl (C=O) groups is 1. The highest BCUT2D eigenvalue weighted by Gasteiger charge is 2.18. The van der Waals surface area contributed by atoms with E-state index in [1.165, 1.54) is 12.1 Å². The van der Waals surface area contributed by atoms with E-state index in [0.29, 0.717) is 11.1 Å². The lowest BCUT2D eigenvalue weighted by Crippen LogP contribution is -2.15. The number of para-hydroxylation sites is 2. The third-order valence-corrected chi connectivity index (χ3v) is 5.90. The number of carbonyl (C=O) groups excluding carboxylic acids is 1. The summed E-state index contributed by atoms with van der Waals surface area (Å²) in [6.07, 6.45) is 0. The van der Waals surface area contributed by atoms with Gasteiger partial charge < -0.3 is 5.32 Å². The number of rotatable bonds is 5. The molecule has 29 heavy (non-hydrogen) atoms. The number of H-pyrrole nitrogens is 1. The van der Waals surface area contributed by atoms with Crippen LogP contribution >= 0.6 is 11.6 Å². The van der Waals surface area contributed by atoms with E-state index >= 15 is 0 Å². The predicted molar refractivity (Wildman–Crippen MR) is 113 cm³/mol. The Morgan fingerprint density at radius 3 is 2.55 bits per heavy atom. The summed E-state index contributed by atoms with van der Waals surface area (Å²) in [6, 6.07) is 19.7. The second kappa shape index (κ2) is 7.57. The molecule has 0 aliphatic rings. The Balaban J connectivity index is 1.58. The predicted octanol–water partition coefficient (Wildman–Crippen LogP) is 4.27. The van der Waals surface area contributed by atoms with Crippen LogP contribution in [0, 0.1) is 0 Å². The van der Waals surface area contributed by atoms with Crippen LogP contribution in [-0.4, -0.2) is 24.5 Å². The van der Waals surface area contributed by atoms with Gasteiger partial charge in [-0.1, -0.05) is 48.0 Å². The van der Waals surface area contributed by atoms with Gasteiger partial charge in [-0.3, -0.25) is 14.6 Å². The lowest BCUT2D eigenvalue weighted by Gasteiger charge is -2.11. The minimum absolute atomic E-state index is 0.0119. The maximum atomic E-state index is 12.7. The topological polar surface area (TPSA) is 104 Å². The second-order valence-corrected chi connectivity index (χ2v) is 8.27. The Labute approximate surface area is 171 Å². The molecule has 0 radical (unpaired) electrons. The Morgan fingerprint density at radius 2 is 1.72 bits per heavy atom. The largest absolute Gasteiger partial charge is 0.321 e. The Hall–Kier alpha value is -3.36. The van der Waals surface area contributed by atoms with Crippen LogP contribution in [0.15, 0.2) is 77.7 Å². The quantitative estimate of drug-likeness (QED) is 0.443. The number of fused-ring (bicyclic) bond motifs is 1. The van der Waals surface area contributed by atoms with Crippen molar-refractivity contribution in [3.63, 3.8) is 0 Å². The van der Waals surface area contributed by atoms with Crippen molar-refractivity contribution in [3.05, 3.63) is 83.5 Å². The van der Waals surface area contributed by atoms with Gasteiger partial charge in [-0.25, -0.2) is 8.42 Å². The minimum atomic E-state index is -3.89. The van der Waals surface area contributed by atoms with Crippen LogP contribution in [0.4, 0.5) is 11.4 Å². The minimum Gasteiger partial charge on any atom is -0.321 e. The molecule has 7 nitrogen and oxygen atoms in total. The zero-order chi connectivity index (χ0) is 20.4. The molecular weight excluding hydrogens is 412 g/mol. The van der Waals surface area contributed by atoms with Gasteiger partial charge in [0.1, 0.15) is 0 Å². The highest BCUT2D eigenvalue weighted by Crippen LogP contribution is 2.25. The van der Waals surface area contributed by atoms with Crippen molar-refractivity contribution < 1.29 is 13.2 Å². The summed E-state index contributed by atoms with van der Waals surface area (Å²) in [5.41, 5.74) is 1.55. The third-order valence-electron chi connectivity index (χ3n) is 4.21. The van der Waals surface area contributed by atoms with Gasteiger partial charge in [-0.2, -0.15) is 5.10 Å². The number of aromatic nitrogens is 2. The van der Waals surface area contributed by atoms with Crippen molar-refractivity contribution in [2.45, 2.75) is 4.90 Å². The van der Waals surface area contributed by atoms with Crippen LogP contribution in [-0.2, 0) is 10.0 Å². The van der Waals surface area contributed by atoms with Crippen molar-refractivity contribution in [1.29, 1.82) is 0 Å². The fourth-order valence-electron chi connectivity index (χ4n) is 2.82. The first-order chi connectivity index (χ1) is 13.9. The first-order valence-corrected chi connectivity index (χ1v) is 10.4. The van der Waals surface area contributed by atoms with Crippen molar-refractivity contribution in [2.75, 3.05) is 10.0 Å². The molecule has 0 bridgehead atoms. The van der Waals surface area contributed by atoms with Gasteiger partial charge in [0.15, 0.2) is 5.69 Å². The molecule has 1 aromatic heterocycles. The maximum Gasteiger partial charge on any atom is 0.276 e. The fraction of sp³-hybridized carbons (Fsp3) is 0. The molecule has 0 aliphatic heterocycles. The molecule has 0 atom stereocenters. The number of benzene rings is 3. The molecule has 0 aliphatic carbocycles. The zero-order valence-electron chi connectivity index (χ0n) is 14.9. The van der Waals surface area contributed by atoms with Crippen LogP contribution in [0.3, 0.4) is 0 Å². The van der Waals surface area contributed by atoms with Gasteiger partial charge in [-0.15, -0.1) is 0 Å². The summed E-state index contributed by atoms with van der Waals surface area (Å²) in [5, 5.41) is 10.5. The van der Waals surface area contributed by atoms with E-state index in [9.17, 15) is 13.2 Å². The van der Waals surface area contributed by atoms with E-state index < -0.39 is 15.9 Å². The summed E-state index contributed by atoms with van der Waals surface area (Å²) >= 11 is 6.03. The highest BCUT2D eigenvalue weighted by molar-refractivity contribution is 7.92. The molecule has 3 N–H and O–H groups in total. The molecule has 0 spiro atoms. The molecule has 0 saturated heterocycles. The Morgan fingerprint density at radius 1 is 0.966 bits per heavy atom. The molecule has 4 rings (SSSR count). The zero-order valence-corrected chi connectivity index (χ0v) is 16.5. The van der Waals surface area contributed by atoms with E-state index in [0.717, 1.165) is 5.52 Å². The first kappa shape index (κ1) is 19.0. The van der Waals surface area contributed by atoms with E-state index in [1.807, 2.05) is 18.2 Å². The van der Waals surface area contributed by atoms with Crippen molar-refractivity contribution >= 4 is 49.8 Å². The van der Waals surface area contributed by atoms with E-state index in [2.05, 4.69) is 20.2 Å².